The lowest BCUT2D eigenvalue weighted by atomic mass is 9.83. The first-order valence-electron chi connectivity index (χ1n) is 6.79. The molecule has 0 spiro atoms. The van der Waals surface area contributed by atoms with E-state index in [1.54, 1.807) is 0 Å². The predicted molar refractivity (Wildman–Crippen MR) is 65.1 cm³/mol. The quantitative estimate of drug-likeness (QED) is 0.765. The highest BCUT2D eigenvalue weighted by Gasteiger charge is 2.33. The highest BCUT2D eigenvalue weighted by atomic mass is 15.3. The molecule has 1 saturated heterocycles. The van der Waals surface area contributed by atoms with E-state index < -0.39 is 0 Å². The molecule has 2 aliphatic rings. The summed E-state index contributed by atoms with van der Waals surface area (Å²) in [7, 11) is 0. The number of hydrogen-bond acceptors (Lipinski definition) is 2. The highest BCUT2D eigenvalue weighted by molar-refractivity contribution is 4.91. The van der Waals surface area contributed by atoms with Gasteiger partial charge >= 0.3 is 0 Å². The van der Waals surface area contributed by atoms with E-state index in [1.165, 1.54) is 51.7 Å². The van der Waals surface area contributed by atoms with E-state index in [0.717, 1.165) is 18.0 Å². The zero-order chi connectivity index (χ0) is 10.7. The van der Waals surface area contributed by atoms with Crippen LogP contribution in [0.25, 0.3) is 0 Å². The summed E-state index contributed by atoms with van der Waals surface area (Å²) in [5.74, 6) is 0.922. The fourth-order valence-corrected chi connectivity index (χ4v) is 3.17. The van der Waals surface area contributed by atoms with Crippen LogP contribution in [-0.2, 0) is 0 Å². The number of nitrogens with one attached hydrogen (secondary N) is 1. The summed E-state index contributed by atoms with van der Waals surface area (Å²) in [6.45, 7) is 8.53. The molecular formula is C13H26N2. The topological polar surface area (TPSA) is 15.3 Å². The molecule has 0 bridgehead atoms. The summed E-state index contributed by atoms with van der Waals surface area (Å²) in [6.07, 6.45) is 7.11. The van der Waals surface area contributed by atoms with Crippen molar-refractivity contribution < 1.29 is 0 Å². The first-order chi connectivity index (χ1) is 7.33. The van der Waals surface area contributed by atoms with Gasteiger partial charge in [-0.2, -0.15) is 0 Å². The van der Waals surface area contributed by atoms with Crippen molar-refractivity contribution in [2.45, 2.75) is 58.0 Å². The lowest BCUT2D eigenvalue weighted by Crippen LogP contribution is -2.61. The van der Waals surface area contributed by atoms with E-state index in [1.807, 2.05) is 0 Å². The van der Waals surface area contributed by atoms with Crippen LogP contribution in [0.4, 0.5) is 0 Å². The van der Waals surface area contributed by atoms with Crippen molar-refractivity contribution in [2.75, 3.05) is 19.6 Å². The van der Waals surface area contributed by atoms with Gasteiger partial charge in [0.25, 0.3) is 0 Å². The fourth-order valence-electron chi connectivity index (χ4n) is 3.17. The molecule has 15 heavy (non-hydrogen) atoms. The standard InChI is InChI=1S/C13H26N2/c1-3-8-15(12-9-14-10-12)13-7-5-4-6-11(13)2/h11-14H,3-10H2,1-2H3. The van der Waals surface area contributed by atoms with Gasteiger partial charge in [0, 0.05) is 25.2 Å². The molecule has 2 unspecified atom stereocenters. The average Bonchev–Trinajstić information content (AvgIpc) is 2.15. The van der Waals surface area contributed by atoms with Crippen molar-refractivity contribution in [2.24, 2.45) is 5.92 Å². The van der Waals surface area contributed by atoms with Gasteiger partial charge in [-0.25, -0.2) is 0 Å². The molecule has 2 rings (SSSR count). The van der Waals surface area contributed by atoms with Gasteiger partial charge in [0.05, 0.1) is 0 Å². The Morgan fingerprint density at radius 1 is 1.20 bits per heavy atom. The number of hydrogen-bond donors (Lipinski definition) is 1. The minimum Gasteiger partial charge on any atom is -0.314 e. The SMILES string of the molecule is CCCN(C1CNC1)C1CCCCC1C. The Hall–Kier alpha value is -0.0800. The molecule has 2 atom stereocenters. The van der Waals surface area contributed by atoms with E-state index in [2.05, 4.69) is 24.1 Å². The summed E-state index contributed by atoms with van der Waals surface area (Å²) < 4.78 is 0. The van der Waals surface area contributed by atoms with Crippen LogP contribution in [0, 0.1) is 5.92 Å². The van der Waals surface area contributed by atoms with Gasteiger partial charge in [0.2, 0.25) is 0 Å². The minimum absolute atomic E-state index is 0.843. The van der Waals surface area contributed by atoms with Crippen LogP contribution in [0.5, 0.6) is 0 Å². The van der Waals surface area contributed by atoms with E-state index >= 15 is 0 Å². The van der Waals surface area contributed by atoms with Crippen LogP contribution < -0.4 is 5.32 Å². The van der Waals surface area contributed by atoms with Crippen LogP contribution in [0.1, 0.15) is 46.0 Å². The van der Waals surface area contributed by atoms with Gasteiger partial charge in [-0.1, -0.05) is 26.7 Å². The molecule has 1 saturated carbocycles. The molecule has 0 aromatic carbocycles. The first-order valence-corrected chi connectivity index (χ1v) is 6.79. The lowest BCUT2D eigenvalue weighted by Gasteiger charge is -2.46. The number of nitrogens with zero attached hydrogens (tertiary/aromatic N) is 1. The van der Waals surface area contributed by atoms with Gasteiger partial charge < -0.3 is 5.32 Å². The normalized spacial score (nSPS) is 33.0. The maximum atomic E-state index is 3.41. The maximum Gasteiger partial charge on any atom is 0.0348 e. The molecule has 1 heterocycles. The molecule has 0 aromatic rings. The van der Waals surface area contributed by atoms with Crippen LogP contribution in [0.2, 0.25) is 0 Å². The molecule has 1 N–H and O–H groups in total. The molecule has 0 amide bonds. The Morgan fingerprint density at radius 2 is 1.93 bits per heavy atom. The molecule has 2 fully saturated rings. The van der Waals surface area contributed by atoms with Gasteiger partial charge in [0.15, 0.2) is 0 Å². The second kappa shape index (κ2) is 5.31. The van der Waals surface area contributed by atoms with E-state index in [4.69, 9.17) is 0 Å². The summed E-state index contributed by atoms with van der Waals surface area (Å²) in [5, 5.41) is 3.41. The third-order valence-corrected chi connectivity index (χ3v) is 4.20. The molecule has 2 nitrogen and oxygen atoms in total. The van der Waals surface area contributed by atoms with Gasteiger partial charge in [0.1, 0.15) is 0 Å². The predicted octanol–water partition coefficient (Wildman–Crippen LogP) is 2.25. The van der Waals surface area contributed by atoms with E-state index in [9.17, 15) is 0 Å². The van der Waals surface area contributed by atoms with Crippen molar-refractivity contribution in [1.29, 1.82) is 0 Å². The first kappa shape index (κ1) is 11.4. The van der Waals surface area contributed by atoms with Crippen LogP contribution in [0.15, 0.2) is 0 Å². The average molecular weight is 210 g/mol. The Morgan fingerprint density at radius 3 is 2.47 bits per heavy atom. The molecule has 0 radical (unpaired) electrons. The molecule has 0 aromatic heterocycles. The molecule has 2 heteroatoms. The van der Waals surface area contributed by atoms with Crippen molar-refractivity contribution in [1.82, 2.24) is 10.2 Å². The molecule has 88 valence electrons. The zero-order valence-electron chi connectivity index (χ0n) is 10.3. The summed E-state index contributed by atoms with van der Waals surface area (Å²) >= 11 is 0. The molecule has 1 aliphatic heterocycles. The third kappa shape index (κ3) is 2.54. The summed E-state index contributed by atoms with van der Waals surface area (Å²) in [6, 6.07) is 1.72. The Bertz CT molecular complexity index is 189. The van der Waals surface area contributed by atoms with Crippen LogP contribution in [0.3, 0.4) is 0 Å². The third-order valence-electron chi connectivity index (χ3n) is 4.20. The van der Waals surface area contributed by atoms with E-state index in [0.29, 0.717) is 0 Å². The lowest BCUT2D eigenvalue weighted by molar-refractivity contribution is 0.0452. The maximum absolute atomic E-state index is 3.41. The van der Waals surface area contributed by atoms with Crippen molar-refractivity contribution in [3.05, 3.63) is 0 Å². The van der Waals surface area contributed by atoms with Gasteiger partial charge in [-0.15, -0.1) is 0 Å². The largest absolute Gasteiger partial charge is 0.314 e. The van der Waals surface area contributed by atoms with Crippen molar-refractivity contribution in [3.63, 3.8) is 0 Å². The minimum atomic E-state index is 0.843. The van der Waals surface area contributed by atoms with Crippen LogP contribution >= 0.6 is 0 Å². The van der Waals surface area contributed by atoms with E-state index in [-0.39, 0.29) is 0 Å². The Labute approximate surface area is 94.4 Å². The smallest absolute Gasteiger partial charge is 0.0348 e. The Balaban J connectivity index is 1.94. The monoisotopic (exact) mass is 210 g/mol. The van der Waals surface area contributed by atoms with Gasteiger partial charge in [-0.05, 0) is 31.7 Å². The fraction of sp³-hybridized carbons (Fsp3) is 1.00. The molecular weight excluding hydrogens is 184 g/mol. The second-order valence-corrected chi connectivity index (χ2v) is 5.38. The van der Waals surface area contributed by atoms with Crippen LogP contribution in [-0.4, -0.2) is 36.6 Å². The van der Waals surface area contributed by atoms with Crippen molar-refractivity contribution in [3.8, 4) is 0 Å². The van der Waals surface area contributed by atoms with Gasteiger partial charge in [-0.3, -0.25) is 4.90 Å². The zero-order valence-corrected chi connectivity index (χ0v) is 10.3. The molecule has 1 aliphatic carbocycles. The highest BCUT2D eigenvalue weighted by Crippen LogP contribution is 2.30. The van der Waals surface area contributed by atoms with Crippen molar-refractivity contribution >= 4 is 0 Å². The Kier molecular flexibility index (Phi) is 4.04. The summed E-state index contributed by atoms with van der Waals surface area (Å²) in [4.78, 5) is 2.81. The number of rotatable bonds is 4. The second-order valence-electron chi connectivity index (χ2n) is 5.38. The summed E-state index contributed by atoms with van der Waals surface area (Å²) in [5.41, 5.74) is 0.